The van der Waals surface area contributed by atoms with Crippen molar-refractivity contribution in [3.05, 3.63) is 95.6 Å². The molecular weight excluding hydrogens is 520 g/mol. The van der Waals surface area contributed by atoms with Gasteiger partial charge in [-0.05, 0) is 52.2 Å². The quantitative estimate of drug-likeness (QED) is 0.268. The Labute approximate surface area is 220 Å². The van der Waals surface area contributed by atoms with Gasteiger partial charge in [0.25, 0.3) is 5.91 Å². The van der Waals surface area contributed by atoms with E-state index in [-0.39, 0.29) is 16.8 Å². The molecule has 1 saturated heterocycles. The summed E-state index contributed by atoms with van der Waals surface area (Å²) in [7, 11) is 0. The Morgan fingerprint density at radius 1 is 0.795 bits per heavy atom. The van der Waals surface area contributed by atoms with E-state index in [1.165, 1.54) is 6.07 Å². The second kappa shape index (κ2) is 10.3. The summed E-state index contributed by atoms with van der Waals surface area (Å²) in [5.41, 5.74) is -1.67. The SMILES string of the molecule is O=C(Nc1cc(C(F)(F)F)c(-c2ccc(C(F)(F)F)cc2)cc1N1CCNCC1)c1cccc2ccccc12. The van der Waals surface area contributed by atoms with Crippen LogP contribution in [0.4, 0.5) is 37.7 Å². The van der Waals surface area contributed by atoms with Gasteiger partial charge in [-0.25, -0.2) is 0 Å². The van der Waals surface area contributed by atoms with Crippen LogP contribution in [0, 0.1) is 0 Å². The maximum absolute atomic E-state index is 14.3. The lowest BCUT2D eigenvalue weighted by atomic mass is 9.95. The lowest BCUT2D eigenvalue weighted by Gasteiger charge is -2.32. The van der Waals surface area contributed by atoms with Gasteiger partial charge in [-0.1, -0.05) is 48.5 Å². The van der Waals surface area contributed by atoms with Crippen molar-refractivity contribution < 1.29 is 31.1 Å². The van der Waals surface area contributed by atoms with Crippen LogP contribution in [0.15, 0.2) is 78.9 Å². The number of hydrogen-bond donors (Lipinski definition) is 2. The lowest BCUT2D eigenvalue weighted by Crippen LogP contribution is -2.44. The Bertz CT molecular complexity index is 1500. The average Bonchev–Trinajstić information content (AvgIpc) is 2.92. The van der Waals surface area contributed by atoms with E-state index < -0.39 is 29.4 Å². The predicted molar refractivity (Wildman–Crippen MR) is 139 cm³/mol. The Hall–Kier alpha value is -4.05. The molecule has 0 aliphatic carbocycles. The van der Waals surface area contributed by atoms with Gasteiger partial charge in [-0.15, -0.1) is 0 Å². The van der Waals surface area contributed by atoms with Gasteiger partial charge in [0.2, 0.25) is 0 Å². The van der Waals surface area contributed by atoms with Crippen LogP contribution in [0.25, 0.3) is 21.9 Å². The van der Waals surface area contributed by atoms with Crippen LogP contribution in [-0.2, 0) is 12.4 Å². The highest BCUT2D eigenvalue weighted by Crippen LogP contribution is 2.43. The highest BCUT2D eigenvalue weighted by Gasteiger charge is 2.36. The Morgan fingerprint density at radius 2 is 1.46 bits per heavy atom. The van der Waals surface area contributed by atoms with Gasteiger partial charge in [0.05, 0.1) is 22.5 Å². The first kappa shape index (κ1) is 26.6. The smallest absolute Gasteiger partial charge is 0.367 e. The number of halogens is 6. The van der Waals surface area contributed by atoms with Crippen molar-refractivity contribution in [2.24, 2.45) is 0 Å². The number of carbonyl (C=O) groups is 1. The third-order valence-corrected chi connectivity index (χ3v) is 6.70. The Balaban J connectivity index is 1.63. The number of nitrogens with one attached hydrogen (secondary N) is 2. The number of piperazine rings is 1. The normalized spacial score (nSPS) is 14.5. The zero-order valence-corrected chi connectivity index (χ0v) is 20.5. The molecule has 0 spiro atoms. The van der Waals surface area contributed by atoms with E-state index in [0.717, 1.165) is 35.7 Å². The fraction of sp³-hybridized carbons (Fsp3) is 0.207. The molecule has 39 heavy (non-hydrogen) atoms. The molecule has 1 heterocycles. The summed E-state index contributed by atoms with van der Waals surface area (Å²) in [6.45, 7) is 2.09. The molecule has 0 bridgehead atoms. The molecule has 0 radical (unpaired) electrons. The minimum absolute atomic E-state index is 0.0151. The van der Waals surface area contributed by atoms with E-state index in [2.05, 4.69) is 10.6 Å². The molecule has 1 fully saturated rings. The fourth-order valence-corrected chi connectivity index (χ4v) is 4.78. The van der Waals surface area contributed by atoms with Gasteiger partial charge in [0.15, 0.2) is 0 Å². The number of alkyl halides is 6. The second-order valence-corrected chi connectivity index (χ2v) is 9.21. The maximum atomic E-state index is 14.3. The molecule has 0 unspecified atom stereocenters. The van der Waals surface area contributed by atoms with Gasteiger partial charge in [0, 0.05) is 31.7 Å². The summed E-state index contributed by atoms with van der Waals surface area (Å²) in [5.74, 6) is -0.571. The largest absolute Gasteiger partial charge is 0.417 e. The van der Waals surface area contributed by atoms with Crippen molar-refractivity contribution >= 4 is 28.1 Å². The van der Waals surface area contributed by atoms with Crippen LogP contribution in [0.1, 0.15) is 21.5 Å². The summed E-state index contributed by atoms with van der Waals surface area (Å²) < 4.78 is 82.2. The van der Waals surface area contributed by atoms with Crippen LogP contribution in [-0.4, -0.2) is 32.1 Å². The van der Waals surface area contributed by atoms with E-state index >= 15 is 0 Å². The third kappa shape index (κ3) is 5.56. The van der Waals surface area contributed by atoms with E-state index in [0.29, 0.717) is 42.8 Å². The number of benzene rings is 4. The van der Waals surface area contributed by atoms with E-state index in [1.807, 2.05) is 23.1 Å². The van der Waals surface area contributed by atoms with Crippen LogP contribution >= 0.6 is 0 Å². The monoisotopic (exact) mass is 543 g/mol. The number of anilines is 2. The van der Waals surface area contributed by atoms with Crippen LogP contribution in [0.2, 0.25) is 0 Å². The number of hydrogen-bond acceptors (Lipinski definition) is 3. The highest BCUT2D eigenvalue weighted by molar-refractivity contribution is 6.14. The molecule has 4 aromatic carbocycles. The van der Waals surface area contributed by atoms with Crippen molar-refractivity contribution in [2.45, 2.75) is 12.4 Å². The second-order valence-electron chi connectivity index (χ2n) is 9.21. The van der Waals surface area contributed by atoms with Crippen molar-refractivity contribution in [3.63, 3.8) is 0 Å². The number of nitrogens with zero attached hydrogens (tertiary/aromatic N) is 1. The maximum Gasteiger partial charge on any atom is 0.417 e. The molecule has 0 atom stereocenters. The van der Waals surface area contributed by atoms with Gasteiger partial charge >= 0.3 is 12.4 Å². The number of carbonyl (C=O) groups excluding carboxylic acids is 1. The Kier molecular flexibility index (Phi) is 6.98. The van der Waals surface area contributed by atoms with Gasteiger partial charge in [-0.2, -0.15) is 26.3 Å². The fourth-order valence-electron chi connectivity index (χ4n) is 4.78. The van der Waals surface area contributed by atoms with Crippen molar-refractivity contribution in [2.75, 3.05) is 36.4 Å². The zero-order chi connectivity index (χ0) is 27.8. The van der Waals surface area contributed by atoms with E-state index in [4.69, 9.17) is 0 Å². The molecule has 0 saturated carbocycles. The van der Waals surface area contributed by atoms with Gasteiger partial charge < -0.3 is 15.5 Å². The van der Waals surface area contributed by atoms with Gasteiger partial charge in [-0.3, -0.25) is 4.79 Å². The third-order valence-electron chi connectivity index (χ3n) is 6.70. The number of fused-ring (bicyclic) bond motifs is 1. The van der Waals surface area contributed by atoms with E-state index in [9.17, 15) is 31.1 Å². The minimum atomic E-state index is -4.83. The highest BCUT2D eigenvalue weighted by atomic mass is 19.4. The molecule has 202 valence electrons. The van der Waals surface area contributed by atoms with Crippen LogP contribution in [0.3, 0.4) is 0 Å². The molecule has 0 aromatic heterocycles. The number of amides is 1. The van der Waals surface area contributed by atoms with E-state index in [1.54, 1.807) is 24.3 Å². The standard InChI is InChI=1S/C29H23F6N3O/c30-28(31,32)20-10-8-19(9-11-20)23-16-26(38-14-12-36-13-15-38)25(17-24(23)29(33,34)35)37-27(39)22-7-3-5-18-4-1-2-6-21(18)22/h1-11,16-17,36H,12-15H2,(H,37,39). The van der Waals surface area contributed by atoms with Crippen LogP contribution in [0.5, 0.6) is 0 Å². The molecule has 1 aliphatic heterocycles. The summed E-state index contributed by atoms with van der Waals surface area (Å²) in [6.07, 6.45) is -9.45. The first-order valence-electron chi connectivity index (χ1n) is 12.2. The topological polar surface area (TPSA) is 44.4 Å². The molecule has 4 nitrogen and oxygen atoms in total. The minimum Gasteiger partial charge on any atom is -0.367 e. The molecular formula is C29H23F6N3O. The van der Waals surface area contributed by atoms with Crippen molar-refractivity contribution in [3.8, 4) is 11.1 Å². The lowest BCUT2D eigenvalue weighted by molar-refractivity contribution is -0.138. The summed E-state index contributed by atoms with van der Waals surface area (Å²) in [4.78, 5) is 15.2. The zero-order valence-electron chi connectivity index (χ0n) is 20.5. The summed E-state index contributed by atoms with van der Waals surface area (Å²) >= 11 is 0. The average molecular weight is 544 g/mol. The molecule has 1 amide bonds. The molecule has 2 N–H and O–H groups in total. The van der Waals surface area contributed by atoms with Gasteiger partial charge in [0.1, 0.15) is 0 Å². The molecule has 5 rings (SSSR count). The first-order valence-corrected chi connectivity index (χ1v) is 12.2. The molecule has 1 aliphatic rings. The van der Waals surface area contributed by atoms with Crippen molar-refractivity contribution in [1.82, 2.24) is 5.32 Å². The Morgan fingerprint density at radius 3 is 2.13 bits per heavy atom. The molecule has 4 aromatic rings. The summed E-state index contributed by atoms with van der Waals surface area (Å²) in [6, 6.07) is 18.1. The van der Waals surface area contributed by atoms with Crippen LogP contribution < -0.4 is 15.5 Å². The van der Waals surface area contributed by atoms with Crippen molar-refractivity contribution in [1.29, 1.82) is 0 Å². The summed E-state index contributed by atoms with van der Waals surface area (Å²) in [5, 5.41) is 7.32. The molecule has 10 heteroatoms. The predicted octanol–water partition coefficient (Wildman–Crippen LogP) is 7.21. The first-order chi connectivity index (χ1) is 18.5. The number of rotatable bonds is 4.